The number of hydrogen-bond acceptors (Lipinski definition) is 4. The van der Waals surface area contributed by atoms with Gasteiger partial charge in [-0.3, -0.25) is 0 Å². The van der Waals surface area contributed by atoms with E-state index in [0.717, 1.165) is 39.3 Å². The van der Waals surface area contributed by atoms with Crippen LogP contribution in [0.25, 0.3) is 32.7 Å². The summed E-state index contributed by atoms with van der Waals surface area (Å²) >= 11 is 17.4. The van der Waals surface area contributed by atoms with Crippen molar-refractivity contribution in [2.24, 2.45) is 29.1 Å². The molecule has 0 aromatic heterocycles. The zero-order valence-electron chi connectivity index (χ0n) is 55.8. The largest absolute Gasteiger partial charge is 0.321 e. The van der Waals surface area contributed by atoms with E-state index in [1.165, 1.54) is 218 Å². The van der Waals surface area contributed by atoms with Gasteiger partial charge in [0.25, 0.3) is 0 Å². The molecule has 0 radical (unpaired) electrons. The smallest absolute Gasteiger partial charge is 0.100 e. The van der Waals surface area contributed by atoms with Crippen molar-refractivity contribution in [3.63, 3.8) is 0 Å². The summed E-state index contributed by atoms with van der Waals surface area (Å²) in [5, 5.41) is 5.16. The Morgan fingerprint density at radius 3 is 1.15 bits per heavy atom. The van der Waals surface area contributed by atoms with Crippen LogP contribution in [-0.4, -0.2) is 13.3 Å². The average molecular weight is 1560 g/mol. The first-order valence-corrected chi connectivity index (χ1v) is 40.7. The van der Waals surface area contributed by atoms with Gasteiger partial charge >= 0.3 is 0 Å². The molecule has 2 aliphatic heterocycles. The molecule has 5 fully saturated rings. The van der Waals surface area contributed by atoms with Gasteiger partial charge in [-0.25, -0.2) is 0 Å². The number of rotatable bonds is 5. The SMILES string of the molecule is Brc1cc2c(cc1N1CN(c3cc4c(cc3Br)C3c5ccccc5C4c4ccc(-c5ccc6c7c(cccc57)N(c5cc7c(cc5Br)C5CC8CC9CC7CC89C5)CN6c5cc6c(cc5Br)C5CC7CC(C5)CC6C7)cc43)c3cccc4cccc1c34)C1c3ccccc3C2c2ccccc21. The summed E-state index contributed by atoms with van der Waals surface area (Å²) in [5.74, 6) is 6.81. The fraction of sp³-hybridized carbons (Fsp3) is 0.269. The molecule has 490 valence electrons. The first-order valence-electron chi connectivity index (χ1n) is 37.5. The quantitative estimate of drug-likeness (QED) is 0.170. The molecule has 2 heterocycles. The molecule has 0 saturated heterocycles. The molecule has 9 unspecified atom stereocenters. The van der Waals surface area contributed by atoms with Crippen LogP contribution in [0, 0.1) is 29.1 Å². The minimum absolute atomic E-state index is 0.0637. The molecular weight excluding hydrogens is 1490 g/mol. The molecule has 4 nitrogen and oxygen atoms in total. The second kappa shape index (κ2) is 20.4. The standard InChI is InChI=1S/C93H70Br4N4/c94-75-35-66-51-27-47-26-48(28-51)30-52(29-47)68(66)39-83(75)101-46-100(84-40-69-54-32-56-34-55-31-53(43-93(55,56)44-54)67(69)36-76(84)95)81-21-9-18-58-57(24-25-82(101)92(58)81)50-22-23-65-70(33-50)91-64-17-6-5-16-63(64)90(65)74-42-86(78(97)38-72(74)91)99-45-98(79-19-7-10-49-11-8-20-80(99)87(49)79)85-41-73-71(37-77(85)96)88-59-12-1-3-14-61(59)89(73)62-15-4-2-13-60(62)88/h1-25,33,35-42,47-48,51-56,88-91H,26-32,34,43-46H2. The number of anilines is 8. The van der Waals surface area contributed by atoms with E-state index in [-0.39, 0.29) is 23.7 Å². The molecule has 101 heavy (non-hydrogen) atoms. The maximum atomic E-state index is 4.39. The lowest BCUT2D eigenvalue weighted by atomic mass is 9.56. The third-order valence-corrected chi connectivity index (χ3v) is 31.5. The Labute approximate surface area is 623 Å². The topological polar surface area (TPSA) is 13.0 Å². The Morgan fingerprint density at radius 2 is 0.653 bits per heavy atom. The molecule has 12 aromatic carbocycles. The lowest BCUT2D eigenvalue weighted by Crippen LogP contribution is -2.41. The van der Waals surface area contributed by atoms with Crippen LogP contribution in [0.5, 0.6) is 0 Å². The van der Waals surface area contributed by atoms with Crippen molar-refractivity contribution in [3.8, 4) is 11.1 Å². The van der Waals surface area contributed by atoms with E-state index in [1.807, 2.05) is 0 Å². The highest BCUT2D eigenvalue weighted by Gasteiger charge is 2.65. The first-order chi connectivity index (χ1) is 49.6. The van der Waals surface area contributed by atoms with E-state index < -0.39 is 0 Å². The second-order valence-electron chi connectivity index (χ2n) is 33.1. The molecule has 0 N–H and O–H groups in total. The van der Waals surface area contributed by atoms with Gasteiger partial charge in [0.1, 0.15) is 13.3 Å². The molecule has 9 atom stereocenters. The van der Waals surface area contributed by atoms with Gasteiger partial charge < -0.3 is 19.6 Å². The van der Waals surface area contributed by atoms with Crippen LogP contribution < -0.4 is 19.6 Å². The third kappa shape index (κ3) is 7.57. The van der Waals surface area contributed by atoms with E-state index >= 15 is 0 Å². The fourth-order valence-corrected chi connectivity index (χ4v) is 27.5. The Morgan fingerprint density at radius 1 is 0.277 bits per heavy atom. The number of hydrogen-bond donors (Lipinski definition) is 0. The van der Waals surface area contributed by atoms with E-state index in [0.29, 0.717) is 35.8 Å². The van der Waals surface area contributed by atoms with Crippen LogP contribution in [0.2, 0.25) is 0 Å². The summed E-state index contributed by atoms with van der Waals surface area (Å²) < 4.78 is 4.70. The van der Waals surface area contributed by atoms with Crippen molar-refractivity contribution >= 4 is 131 Å². The molecule has 16 aliphatic rings. The van der Waals surface area contributed by atoms with Crippen molar-refractivity contribution in [1.82, 2.24) is 0 Å². The second-order valence-corrected chi connectivity index (χ2v) is 36.5. The third-order valence-electron chi connectivity index (χ3n) is 29.0. The summed E-state index contributed by atoms with van der Waals surface area (Å²) in [4.78, 5) is 10.6. The molecule has 8 heteroatoms. The zero-order chi connectivity index (χ0) is 65.9. The lowest BCUT2D eigenvalue weighted by Gasteiger charge is -2.48. The van der Waals surface area contributed by atoms with Crippen molar-refractivity contribution in [2.45, 2.75) is 112 Å². The minimum Gasteiger partial charge on any atom is -0.321 e. The van der Waals surface area contributed by atoms with Crippen LogP contribution in [0.3, 0.4) is 0 Å². The van der Waals surface area contributed by atoms with Crippen LogP contribution in [0.1, 0.15) is 201 Å². The van der Waals surface area contributed by atoms with Gasteiger partial charge in [0.2, 0.25) is 0 Å². The van der Waals surface area contributed by atoms with Crippen LogP contribution >= 0.6 is 63.7 Å². The van der Waals surface area contributed by atoms with E-state index in [2.05, 4.69) is 290 Å². The molecule has 1 spiro atoms. The van der Waals surface area contributed by atoms with E-state index in [1.54, 1.807) is 22.3 Å². The fourth-order valence-electron chi connectivity index (χ4n) is 25.2. The number of fused-ring (bicyclic) bond motifs is 5. The molecule has 11 bridgehead atoms. The van der Waals surface area contributed by atoms with Gasteiger partial charge in [-0.2, -0.15) is 0 Å². The molecule has 12 aromatic rings. The Kier molecular flexibility index (Phi) is 11.6. The first kappa shape index (κ1) is 57.8. The number of nitrogens with zero attached hydrogens (tertiary/aromatic N) is 4. The van der Waals surface area contributed by atoms with Gasteiger partial charge in [0.05, 0.1) is 45.5 Å². The van der Waals surface area contributed by atoms with Gasteiger partial charge in [-0.1, -0.05) is 127 Å². The summed E-state index contributed by atoms with van der Waals surface area (Å²) in [6.07, 6.45) is 13.9. The predicted molar refractivity (Wildman–Crippen MR) is 425 cm³/mol. The Balaban J connectivity index is 0.620. The molecule has 5 saturated carbocycles. The molecule has 28 rings (SSSR count). The lowest BCUT2D eigenvalue weighted by molar-refractivity contribution is 0.00322. The molecular formula is C93H70Br4N4. The normalized spacial score (nSPS) is 27.9. The van der Waals surface area contributed by atoms with Gasteiger partial charge in [-0.05, 0) is 370 Å². The number of halogens is 4. The maximum Gasteiger partial charge on any atom is 0.100 e. The molecule has 14 aliphatic carbocycles. The summed E-state index contributed by atoms with van der Waals surface area (Å²) in [5.41, 5.74) is 36.9. The van der Waals surface area contributed by atoms with Crippen LogP contribution in [0.15, 0.2) is 224 Å². The molecule has 0 amide bonds. The van der Waals surface area contributed by atoms with Crippen molar-refractivity contribution in [3.05, 3.63) is 313 Å². The summed E-state index contributed by atoms with van der Waals surface area (Å²) in [7, 11) is 0. The average Bonchev–Trinajstić information content (AvgIpc) is 1.68. The summed E-state index contributed by atoms with van der Waals surface area (Å²) in [6.45, 7) is 1.37. The maximum absolute atomic E-state index is 4.39. The Bertz CT molecular complexity index is 5750. The summed E-state index contributed by atoms with van der Waals surface area (Å²) in [6, 6.07) is 82.0. The van der Waals surface area contributed by atoms with E-state index in [4.69, 9.17) is 0 Å². The highest BCUT2D eigenvalue weighted by atomic mass is 79.9. The van der Waals surface area contributed by atoms with Gasteiger partial charge in [0.15, 0.2) is 0 Å². The van der Waals surface area contributed by atoms with Crippen molar-refractivity contribution in [2.75, 3.05) is 32.9 Å². The zero-order valence-corrected chi connectivity index (χ0v) is 62.2. The van der Waals surface area contributed by atoms with Crippen molar-refractivity contribution in [1.29, 1.82) is 0 Å². The predicted octanol–water partition coefficient (Wildman–Crippen LogP) is 26.0. The number of benzene rings is 12. The highest BCUT2D eigenvalue weighted by Crippen LogP contribution is 2.76. The van der Waals surface area contributed by atoms with Gasteiger partial charge in [-0.15, -0.1) is 0 Å². The Hall–Kier alpha value is -7.72. The van der Waals surface area contributed by atoms with Crippen molar-refractivity contribution < 1.29 is 0 Å². The highest BCUT2D eigenvalue weighted by molar-refractivity contribution is 9.11. The van der Waals surface area contributed by atoms with Crippen LogP contribution in [0.4, 0.5) is 45.5 Å². The monoisotopic (exact) mass is 1560 g/mol. The minimum atomic E-state index is 0.0637. The van der Waals surface area contributed by atoms with Gasteiger partial charge in [0, 0.05) is 52.3 Å². The van der Waals surface area contributed by atoms with Crippen LogP contribution in [-0.2, 0) is 0 Å². The van der Waals surface area contributed by atoms with E-state index in [9.17, 15) is 0 Å².